The molecule has 0 saturated carbocycles. The van der Waals surface area contributed by atoms with E-state index in [2.05, 4.69) is 27.6 Å². The maximum Gasteiger partial charge on any atom is 0.231 e. The van der Waals surface area contributed by atoms with E-state index in [0.717, 1.165) is 28.2 Å². The highest BCUT2D eigenvalue weighted by molar-refractivity contribution is 7.99. The fourth-order valence-corrected chi connectivity index (χ4v) is 3.77. The Labute approximate surface area is 187 Å². The summed E-state index contributed by atoms with van der Waals surface area (Å²) >= 11 is 1.30. The molecule has 1 heterocycles. The first-order valence-corrected chi connectivity index (χ1v) is 11.2. The van der Waals surface area contributed by atoms with Gasteiger partial charge in [-0.3, -0.25) is 9.36 Å². The number of amides is 1. The van der Waals surface area contributed by atoms with E-state index in [1.807, 2.05) is 74.7 Å². The van der Waals surface area contributed by atoms with Crippen molar-refractivity contribution in [2.75, 3.05) is 5.75 Å². The number of nitrogens with one attached hydrogen (secondary N) is 1. The molecule has 6 nitrogen and oxygen atoms in total. The normalized spacial score (nSPS) is 12.9. The molecule has 160 valence electrons. The van der Waals surface area contributed by atoms with E-state index < -0.39 is 5.54 Å². The molecule has 0 aliphatic carbocycles. The molecule has 1 amide bonds. The van der Waals surface area contributed by atoms with Crippen molar-refractivity contribution in [3.05, 3.63) is 59.7 Å². The van der Waals surface area contributed by atoms with Gasteiger partial charge in [0.1, 0.15) is 5.54 Å². The minimum Gasteiger partial charge on any atom is -0.337 e. The lowest BCUT2D eigenvalue weighted by atomic mass is 9.90. The van der Waals surface area contributed by atoms with Crippen LogP contribution < -0.4 is 5.32 Å². The second kappa shape index (κ2) is 9.36. The van der Waals surface area contributed by atoms with Crippen molar-refractivity contribution in [2.24, 2.45) is 5.92 Å². The molecule has 0 aliphatic heterocycles. The molecule has 0 aliphatic rings. The van der Waals surface area contributed by atoms with Crippen molar-refractivity contribution in [1.29, 1.82) is 5.26 Å². The third kappa shape index (κ3) is 5.15. The minimum atomic E-state index is -0.908. The van der Waals surface area contributed by atoms with E-state index in [-0.39, 0.29) is 17.6 Å². The Morgan fingerprint density at radius 2 is 1.87 bits per heavy atom. The summed E-state index contributed by atoms with van der Waals surface area (Å²) in [5.41, 5.74) is 3.27. The van der Waals surface area contributed by atoms with Crippen LogP contribution in [0.3, 0.4) is 0 Å². The number of carbonyl (C=O) groups is 1. The smallest absolute Gasteiger partial charge is 0.231 e. The topological polar surface area (TPSA) is 83.6 Å². The maximum atomic E-state index is 12.6. The van der Waals surface area contributed by atoms with Gasteiger partial charge in [0.25, 0.3) is 0 Å². The van der Waals surface area contributed by atoms with Gasteiger partial charge in [-0.05, 0) is 44.9 Å². The number of aryl methyl sites for hydroxylation is 2. The monoisotopic (exact) mass is 433 g/mol. The molecule has 7 heteroatoms. The van der Waals surface area contributed by atoms with E-state index in [1.54, 1.807) is 6.92 Å². The van der Waals surface area contributed by atoms with Crippen LogP contribution >= 0.6 is 11.8 Å². The molecule has 0 saturated heterocycles. The molecule has 0 radical (unpaired) electrons. The molecule has 31 heavy (non-hydrogen) atoms. The van der Waals surface area contributed by atoms with Crippen LogP contribution in [0.1, 0.15) is 31.9 Å². The lowest BCUT2D eigenvalue weighted by Gasteiger charge is -2.27. The Kier molecular flexibility index (Phi) is 6.81. The average molecular weight is 434 g/mol. The van der Waals surface area contributed by atoms with Gasteiger partial charge in [-0.25, -0.2) is 0 Å². The van der Waals surface area contributed by atoms with Gasteiger partial charge in [-0.2, -0.15) is 5.26 Å². The van der Waals surface area contributed by atoms with Crippen molar-refractivity contribution in [1.82, 2.24) is 20.1 Å². The van der Waals surface area contributed by atoms with E-state index in [9.17, 15) is 10.1 Å². The fourth-order valence-electron chi connectivity index (χ4n) is 3.02. The van der Waals surface area contributed by atoms with Gasteiger partial charge in [-0.15, -0.1) is 10.2 Å². The van der Waals surface area contributed by atoms with Crippen molar-refractivity contribution in [2.45, 2.75) is 45.3 Å². The summed E-state index contributed by atoms with van der Waals surface area (Å²) in [5, 5.41) is 21.7. The number of rotatable bonds is 7. The molecule has 0 unspecified atom stereocenters. The van der Waals surface area contributed by atoms with Crippen LogP contribution in [0.5, 0.6) is 0 Å². The molecular weight excluding hydrogens is 406 g/mol. The molecule has 0 spiro atoms. The number of thioether (sulfide) groups is 1. The lowest BCUT2D eigenvalue weighted by Crippen LogP contribution is -2.49. The Hall–Kier alpha value is -3.11. The average Bonchev–Trinajstić information content (AvgIpc) is 3.16. The number of hydrogen-bond acceptors (Lipinski definition) is 5. The third-order valence-electron chi connectivity index (χ3n) is 5.32. The second-order valence-electron chi connectivity index (χ2n) is 8.15. The molecule has 2 aromatic carbocycles. The van der Waals surface area contributed by atoms with Gasteiger partial charge >= 0.3 is 0 Å². The number of hydrogen-bond donors (Lipinski definition) is 1. The molecule has 0 bridgehead atoms. The van der Waals surface area contributed by atoms with E-state index in [4.69, 9.17) is 0 Å². The number of carbonyl (C=O) groups excluding carboxylic acids is 1. The maximum absolute atomic E-state index is 12.6. The summed E-state index contributed by atoms with van der Waals surface area (Å²) in [7, 11) is 0. The quantitative estimate of drug-likeness (QED) is 0.546. The molecule has 1 atom stereocenters. The van der Waals surface area contributed by atoms with Gasteiger partial charge in [0.15, 0.2) is 11.0 Å². The zero-order valence-corrected chi connectivity index (χ0v) is 19.3. The van der Waals surface area contributed by atoms with Gasteiger partial charge in [0.05, 0.1) is 11.8 Å². The lowest BCUT2D eigenvalue weighted by molar-refractivity contribution is -0.120. The summed E-state index contributed by atoms with van der Waals surface area (Å²) in [6, 6.07) is 18.4. The zero-order valence-electron chi connectivity index (χ0n) is 18.5. The van der Waals surface area contributed by atoms with Crippen molar-refractivity contribution >= 4 is 17.7 Å². The van der Waals surface area contributed by atoms with Crippen molar-refractivity contribution < 1.29 is 4.79 Å². The SMILES string of the molecule is Cc1ccc(-n2c(SCC(=O)N[C@](C)(C#N)C(C)C)nnc2-c2cccc(C)c2)cc1. The van der Waals surface area contributed by atoms with E-state index in [1.165, 1.54) is 11.8 Å². The molecule has 1 N–H and O–H groups in total. The first-order chi connectivity index (χ1) is 14.7. The summed E-state index contributed by atoms with van der Waals surface area (Å²) in [6.07, 6.45) is 0. The predicted octanol–water partition coefficient (Wildman–Crippen LogP) is 4.70. The number of benzene rings is 2. The molecule has 0 fully saturated rings. The molecule has 3 aromatic rings. The summed E-state index contributed by atoms with van der Waals surface area (Å²) in [6.45, 7) is 9.65. The minimum absolute atomic E-state index is 0.00409. The number of nitrogens with zero attached hydrogens (tertiary/aromatic N) is 4. The molecule has 3 rings (SSSR count). The highest BCUT2D eigenvalue weighted by atomic mass is 32.2. The Balaban J connectivity index is 1.91. The first kappa shape index (κ1) is 22.6. The Bertz CT molecular complexity index is 1110. The number of nitriles is 1. The number of aromatic nitrogens is 3. The second-order valence-corrected chi connectivity index (χ2v) is 9.09. The van der Waals surface area contributed by atoms with Gasteiger partial charge in [0, 0.05) is 11.3 Å². The molecular formula is C24H27N5OS. The summed E-state index contributed by atoms with van der Waals surface area (Å²) in [5.74, 6) is 0.648. The fraction of sp³-hybridized carbons (Fsp3) is 0.333. The van der Waals surface area contributed by atoms with Crippen molar-refractivity contribution in [3.8, 4) is 23.1 Å². The Morgan fingerprint density at radius 3 is 2.48 bits per heavy atom. The molecule has 1 aromatic heterocycles. The Morgan fingerprint density at radius 1 is 1.16 bits per heavy atom. The zero-order chi connectivity index (χ0) is 22.6. The van der Waals surface area contributed by atoms with Crippen LogP contribution in [0.15, 0.2) is 53.7 Å². The van der Waals surface area contributed by atoms with Gasteiger partial charge in [-0.1, -0.05) is 67.1 Å². The standard InChI is InChI=1S/C24H27N5OS/c1-16(2)24(5,15-25)26-21(30)14-31-23-28-27-22(19-8-6-7-18(4)13-19)29(23)20-11-9-17(3)10-12-20/h6-13,16H,14H2,1-5H3,(H,26,30)/t24-/m1/s1. The van der Waals surface area contributed by atoms with Gasteiger partial charge < -0.3 is 5.32 Å². The van der Waals surface area contributed by atoms with Crippen LogP contribution in [0, 0.1) is 31.1 Å². The van der Waals surface area contributed by atoms with Crippen LogP contribution in [-0.2, 0) is 4.79 Å². The highest BCUT2D eigenvalue weighted by Gasteiger charge is 2.30. The van der Waals surface area contributed by atoms with Crippen molar-refractivity contribution in [3.63, 3.8) is 0 Å². The highest BCUT2D eigenvalue weighted by Crippen LogP contribution is 2.28. The van der Waals surface area contributed by atoms with Gasteiger partial charge in [0.2, 0.25) is 5.91 Å². The van der Waals surface area contributed by atoms with Crippen LogP contribution in [0.4, 0.5) is 0 Å². The van der Waals surface area contributed by atoms with Crippen LogP contribution in [0.25, 0.3) is 17.1 Å². The first-order valence-electron chi connectivity index (χ1n) is 10.2. The predicted molar refractivity (Wildman–Crippen MR) is 124 cm³/mol. The van der Waals surface area contributed by atoms with Crippen LogP contribution in [-0.4, -0.2) is 32.0 Å². The van der Waals surface area contributed by atoms with E-state index >= 15 is 0 Å². The third-order valence-corrected chi connectivity index (χ3v) is 6.25. The van der Waals surface area contributed by atoms with Crippen LogP contribution in [0.2, 0.25) is 0 Å². The largest absolute Gasteiger partial charge is 0.337 e. The summed E-state index contributed by atoms with van der Waals surface area (Å²) < 4.78 is 1.97. The summed E-state index contributed by atoms with van der Waals surface area (Å²) in [4.78, 5) is 12.6. The van der Waals surface area contributed by atoms with E-state index in [0.29, 0.717) is 5.16 Å².